The number of alkyl halides is 3. The number of imidazole rings is 1. The lowest BCUT2D eigenvalue weighted by Crippen LogP contribution is -2.04. The summed E-state index contributed by atoms with van der Waals surface area (Å²) in [4.78, 5) is 4.52. The second-order valence-electron chi connectivity index (χ2n) is 5.81. The van der Waals surface area contributed by atoms with Gasteiger partial charge in [0.15, 0.2) is 0 Å². The van der Waals surface area contributed by atoms with Gasteiger partial charge in [0.1, 0.15) is 5.82 Å². The zero-order chi connectivity index (χ0) is 18.3. The summed E-state index contributed by atoms with van der Waals surface area (Å²) in [5.41, 5.74) is 1.95. The molecular formula is C20H12F3IN2. The third-order valence-electron chi connectivity index (χ3n) is 4.10. The third kappa shape index (κ3) is 3.09. The minimum Gasteiger partial charge on any atom is -0.292 e. The highest BCUT2D eigenvalue weighted by Gasteiger charge is 2.31. The monoisotopic (exact) mass is 464 g/mol. The predicted octanol–water partition coefficient (Wildman–Crippen LogP) is 6.32. The molecule has 0 spiro atoms. The molecule has 1 heterocycles. The molecule has 130 valence electrons. The molecule has 6 heteroatoms. The summed E-state index contributed by atoms with van der Waals surface area (Å²) in [5.74, 6) is 0.613. The molecule has 3 aromatic carbocycles. The molecule has 0 aliphatic rings. The number of aromatic nitrogens is 2. The van der Waals surface area contributed by atoms with Gasteiger partial charge in [0.25, 0.3) is 0 Å². The average molecular weight is 464 g/mol. The molecule has 0 aliphatic carbocycles. The van der Waals surface area contributed by atoms with Crippen molar-refractivity contribution in [3.63, 3.8) is 0 Å². The fraction of sp³-hybridized carbons (Fsp3) is 0.0500. The van der Waals surface area contributed by atoms with E-state index >= 15 is 0 Å². The Kier molecular flexibility index (Phi) is 4.22. The Morgan fingerprint density at radius 2 is 1.54 bits per heavy atom. The molecule has 4 aromatic rings. The first kappa shape index (κ1) is 17.1. The molecule has 2 nitrogen and oxygen atoms in total. The van der Waals surface area contributed by atoms with E-state index in [1.54, 1.807) is 0 Å². The third-order valence-corrected chi connectivity index (χ3v) is 4.82. The van der Waals surface area contributed by atoms with Gasteiger partial charge in [-0.2, -0.15) is 13.2 Å². The molecule has 0 unspecified atom stereocenters. The smallest absolute Gasteiger partial charge is 0.292 e. The maximum Gasteiger partial charge on any atom is 0.416 e. The first-order valence-corrected chi connectivity index (χ1v) is 8.92. The SMILES string of the molecule is FC(F)(F)c1ccc2c(c1)nc(-c1ccc(I)cc1)n2-c1ccccc1. The van der Waals surface area contributed by atoms with E-state index in [-0.39, 0.29) is 0 Å². The van der Waals surface area contributed by atoms with Crippen molar-refractivity contribution in [2.24, 2.45) is 0 Å². The Morgan fingerprint density at radius 3 is 2.19 bits per heavy atom. The van der Waals surface area contributed by atoms with Gasteiger partial charge in [0.2, 0.25) is 0 Å². The van der Waals surface area contributed by atoms with Crippen LogP contribution in [-0.2, 0) is 6.18 Å². The van der Waals surface area contributed by atoms with E-state index in [0.717, 1.165) is 27.0 Å². The molecule has 0 N–H and O–H groups in total. The summed E-state index contributed by atoms with van der Waals surface area (Å²) < 4.78 is 42.2. The fourth-order valence-corrected chi connectivity index (χ4v) is 3.25. The number of benzene rings is 3. The van der Waals surface area contributed by atoms with Gasteiger partial charge in [-0.15, -0.1) is 0 Å². The van der Waals surface area contributed by atoms with Gasteiger partial charge >= 0.3 is 6.18 Å². The van der Waals surface area contributed by atoms with Crippen molar-refractivity contribution in [3.05, 3.63) is 81.9 Å². The lowest BCUT2D eigenvalue weighted by Gasteiger charge is -2.10. The normalized spacial score (nSPS) is 11.8. The van der Waals surface area contributed by atoms with Crippen LogP contribution in [0.1, 0.15) is 5.56 Å². The van der Waals surface area contributed by atoms with Crippen LogP contribution < -0.4 is 0 Å². The van der Waals surface area contributed by atoms with Crippen molar-refractivity contribution in [2.45, 2.75) is 6.18 Å². The minimum atomic E-state index is -4.40. The number of hydrogen-bond donors (Lipinski definition) is 0. The van der Waals surface area contributed by atoms with E-state index in [1.807, 2.05) is 59.2 Å². The number of halogens is 4. The second kappa shape index (κ2) is 6.42. The summed E-state index contributed by atoms with van der Waals surface area (Å²) >= 11 is 2.21. The Balaban J connectivity index is 2.01. The van der Waals surface area contributed by atoms with Crippen molar-refractivity contribution >= 4 is 33.6 Å². The van der Waals surface area contributed by atoms with Crippen LogP contribution >= 0.6 is 22.6 Å². The average Bonchev–Trinajstić information content (AvgIpc) is 3.01. The Hall–Kier alpha value is -2.35. The maximum atomic E-state index is 13.1. The van der Waals surface area contributed by atoms with Crippen molar-refractivity contribution < 1.29 is 13.2 Å². The zero-order valence-corrected chi connectivity index (χ0v) is 15.5. The van der Waals surface area contributed by atoms with Gasteiger partial charge in [-0.05, 0) is 65.1 Å². The number of hydrogen-bond acceptors (Lipinski definition) is 1. The quantitative estimate of drug-likeness (QED) is 0.318. The summed E-state index contributed by atoms with van der Waals surface area (Å²) in [6, 6.07) is 20.9. The van der Waals surface area contributed by atoms with Crippen LogP contribution in [-0.4, -0.2) is 9.55 Å². The molecule has 0 aliphatic heterocycles. The number of fused-ring (bicyclic) bond motifs is 1. The molecule has 0 radical (unpaired) electrons. The number of para-hydroxylation sites is 1. The molecule has 4 rings (SSSR count). The topological polar surface area (TPSA) is 17.8 Å². The zero-order valence-electron chi connectivity index (χ0n) is 13.3. The Labute approximate surface area is 161 Å². The Morgan fingerprint density at radius 1 is 0.846 bits per heavy atom. The molecule has 0 fully saturated rings. The highest BCUT2D eigenvalue weighted by atomic mass is 127. The van der Waals surface area contributed by atoms with Crippen LogP contribution in [0.2, 0.25) is 0 Å². The van der Waals surface area contributed by atoms with Gasteiger partial charge in [-0.25, -0.2) is 4.98 Å². The van der Waals surface area contributed by atoms with Crippen molar-refractivity contribution in [1.29, 1.82) is 0 Å². The molecule has 0 saturated carbocycles. The van der Waals surface area contributed by atoms with E-state index in [0.29, 0.717) is 16.9 Å². The molecule has 0 atom stereocenters. The van der Waals surface area contributed by atoms with E-state index in [2.05, 4.69) is 27.6 Å². The van der Waals surface area contributed by atoms with Crippen LogP contribution in [0.3, 0.4) is 0 Å². The van der Waals surface area contributed by atoms with Crippen molar-refractivity contribution in [3.8, 4) is 17.1 Å². The van der Waals surface area contributed by atoms with Crippen LogP contribution in [0, 0.1) is 3.57 Å². The second-order valence-corrected chi connectivity index (χ2v) is 7.06. The first-order chi connectivity index (χ1) is 12.4. The highest BCUT2D eigenvalue weighted by Crippen LogP contribution is 2.34. The van der Waals surface area contributed by atoms with Crippen LogP contribution in [0.5, 0.6) is 0 Å². The first-order valence-electron chi connectivity index (χ1n) is 7.84. The lowest BCUT2D eigenvalue weighted by atomic mass is 10.2. The molecule has 1 aromatic heterocycles. The lowest BCUT2D eigenvalue weighted by molar-refractivity contribution is -0.137. The largest absolute Gasteiger partial charge is 0.416 e. The summed E-state index contributed by atoms with van der Waals surface area (Å²) in [6.07, 6.45) is -4.40. The van der Waals surface area contributed by atoms with E-state index in [1.165, 1.54) is 6.07 Å². The molecule has 0 amide bonds. The van der Waals surface area contributed by atoms with Gasteiger partial charge < -0.3 is 0 Å². The standard InChI is InChI=1S/C20H12F3IN2/c21-20(22,23)14-8-11-18-17(12-14)25-19(13-6-9-15(24)10-7-13)26(18)16-4-2-1-3-5-16/h1-12H. The molecule has 0 bridgehead atoms. The molecule has 26 heavy (non-hydrogen) atoms. The molecule has 0 saturated heterocycles. The van der Waals surface area contributed by atoms with Gasteiger partial charge in [0.05, 0.1) is 16.6 Å². The van der Waals surface area contributed by atoms with Crippen LogP contribution in [0.25, 0.3) is 28.1 Å². The van der Waals surface area contributed by atoms with Crippen molar-refractivity contribution in [1.82, 2.24) is 9.55 Å². The van der Waals surface area contributed by atoms with Gasteiger partial charge in [-0.3, -0.25) is 4.57 Å². The van der Waals surface area contributed by atoms with E-state index < -0.39 is 11.7 Å². The fourth-order valence-electron chi connectivity index (χ4n) is 2.89. The minimum absolute atomic E-state index is 0.317. The van der Waals surface area contributed by atoms with E-state index in [9.17, 15) is 13.2 Å². The Bertz CT molecular complexity index is 1070. The number of nitrogens with zero attached hydrogens (tertiary/aromatic N) is 2. The highest BCUT2D eigenvalue weighted by molar-refractivity contribution is 14.1. The van der Waals surface area contributed by atoms with Crippen LogP contribution in [0.4, 0.5) is 13.2 Å². The van der Waals surface area contributed by atoms with Crippen LogP contribution in [0.15, 0.2) is 72.8 Å². The van der Waals surface area contributed by atoms with Gasteiger partial charge in [-0.1, -0.05) is 30.3 Å². The predicted molar refractivity (Wildman–Crippen MR) is 104 cm³/mol. The summed E-state index contributed by atoms with van der Waals surface area (Å²) in [7, 11) is 0. The van der Waals surface area contributed by atoms with Crippen molar-refractivity contribution in [2.75, 3.05) is 0 Å². The van der Waals surface area contributed by atoms with Gasteiger partial charge in [0, 0.05) is 14.8 Å². The maximum absolute atomic E-state index is 13.1. The number of rotatable bonds is 2. The summed E-state index contributed by atoms with van der Waals surface area (Å²) in [6.45, 7) is 0. The van der Waals surface area contributed by atoms with E-state index in [4.69, 9.17) is 0 Å². The molecular weight excluding hydrogens is 452 g/mol. The summed E-state index contributed by atoms with van der Waals surface area (Å²) in [5, 5.41) is 0.